The summed E-state index contributed by atoms with van der Waals surface area (Å²) in [5, 5.41) is 6.48. The summed E-state index contributed by atoms with van der Waals surface area (Å²) in [7, 11) is 0. The molecule has 1 saturated carbocycles. The molecular weight excluding hydrogens is 238 g/mol. The summed E-state index contributed by atoms with van der Waals surface area (Å²) in [6.07, 6.45) is 8.77. The molecule has 2 N–H and O–H groups in total. The van der Waals surface area contributed by atoms with Gasteiger partial charge in [0.25, 0.3) is 0 Å². The lowest BCUT2D eigenvalue weighted by atomic mass is 9.95. The molecule has 110 valence electrons. The number of likely N-dealkylation sites (tertiary alicyclic amines) is 1. The fourth-order valence-electron chi connectivity index (χ4n) is 3.42. The molecule has 1 aliphatic heterocycles. The van der Waals surface area contributed by atoms with Gasteiger partial charge in [0.15, 0.2) is 0 Å². The number of carbonyl (C=O) groups is 1. The van der Waals surface area contributed by atoms with Gasteiger partial charge in [-0.2, -0.15) is 0 Å². The summed E-state index contributed by atoms with van der Waals surface area (Å²) in [4.78, 5) is 14.4. The third kappa shape index (κ3) is 4.77. The average Bonchev–Trinajstić information content (AvgIpc) is 2.87. The van der Waals surface area contributed by atoms with Crippen molar-refractivity contribution in [3.63, 3.8) is 0 Å². The molecule has 0 spiro atoms. The number of carbonyl (C=O) groups excluding carboxylic acids is 1. The number of likely N-dealkylation sites (N-methyl/N-ethyl adjacent to an activating group) is 1. The van der Waals surface area contributed by atoms with Gasteiger partial charge < -0.3 is 10.6 Å². The van der Waals surface area contributed by atoms with Crippen LogP contribution in [0, 0.1) is 0 Å². The Labute approximate surface area is 117 Å². The zero-order chi connectivity index (χ0) is 13.5. The quantitative estimate of drug-likeness (QED) is 0.767. The zero-order valence-corrected chi connectivity index (χ0v) is 12.3. The fraction of sp³-hybridized carbons (Fsp3) is 0.933. The maximum Gasteiger partial charge on any atom is 0.234 e. The highest BCUT2D eigenvalue weighted by atomic mass is 16.1. The number of nitrogens with one attached hydrogen (secondary N) is 2. The SMILES string of the molecule is CCN1CCC[C@H]1CNCC(=O)NC1CCCCC1. The molecule has 0 unspecified atom stereocenters. The highest BCUT2D eigenvalue weighted by Gasteiger charge is 2.22. The summed E-state index contributed by atoms with van der Waals surface area (Å²) >= 11 is 0. The van der Waals surface area contributed by atoms with Crippen molar-refractivity contribution < 1.29 is 4.79 Å². The van der Waals surface area contributed by atoms with Gasteiger partial charge in [-0.05, 0) is 38.8 Å². The van der Waals surface area contributed by atoms with Crippen LogP contribution in [0.15, 0.2) is 0 Å². The highest BCUT2D eigenvalue weighted by molar-refractivity contribution is 5.78. The van der Waals surface area contributed by atoms with Crippen molar-refractivity contribution in [1.82, 2.24) is 15.5 Å². The van der Waals surface area contributed by atoms with Gasteiger partial charge in [0, 0.05) is 18.6 Å². The Hall–Kier alpha value is -0.610. The Bertz CT molecular complexity index is 277. The molecule has 1 atom stereocenters. The van der Waals surface area contributed by atoms with Gasteiger partial charge in [-0.1, -0.05) is 26.2 Å². The van der Waals surface area contributed by atoms with E-state index in [0.717, 1.165) is 25.9 Å². The van der Waals surface area contributed by atoms with Crippen LogP contribution in [0.3, 0.4) is 0 Å². The van der Waals surface area contributed by atoms with E-state index in [1.54, 1.807) is 0 Å². The molecule has 19 heavy (non-hydrogen) atoms. The van der Waals surface area contributed by atoms with E-state index in [4.69, 9.17) is 0 Å². The molecule has 1 aliphatic carbocycles. The Kier molecular flexibility index (Phi) is 6.11. The number of hydrogen-bond donors (Lipinski definition) is 2. The largest absolute Gasteiger partial charge is 0.352 e. The Morgan fingerprint density at radius 2 is 1.95 bits per heavy atom. The Balaban J connectivity index is 1.58. The predicted molar refractivity (Wildman–Crippen MR) is 78.2 cm³/mol. The van der Waals surface area contributed by atoms with Gasteiger partial charge in [-0.15, -0.1) is 0 Å². The summed E-state index contributed by atoms with van der Waals surface area (Å²) in [6, 6.07) is 1.06. The van der Waals surface area contributed by atoms with Gasteiger partial charge >= 0.3 is 0 Å². The van der Waals surface area contributed by atoms with Crippen LogP contribution in [0.2, 0.25) is 0 Å². The molecule has 2 fully saturated rings. The average molecular weight is 267 g/mol. The lowest BCUT2D eigenvalue weighted by molar-refractivity contribution is -0.121. The van der Waals surface area contributed by atoms with Crippen molar-refractivity contribution in [2.45, 2.75) is 64.0 Å². The van der Waals surface area contributed by atoms with Crippen LogP contribution in [0.1, 0.15) is 51.9 Å². The minimum absolute atomic E-state index is 0.174. The van der Waals surface area contributed by atoms with Crippen LogP contribution >= 0.6 is 0 Å². The lowest BCUT2D eigenvalue weighted by Crippen LogP contribution is -2.44. The third-order valence-corrected chi connectivity index (χ3v) is 4.54. The van der Waals surface area contributed by atoms with Crippen LogP contribution < -0.4 is 10.6 Å². The van der Waals surface area contributed by atoms with E-state index in [0.29, 0.717) is 18.6 Å². The second-order valence-electron chi connectivity index (χ2n) is 5.96. The molecule has 2 aliphatic rings. The minimum atomic E-state index is 0.174. The number of hydrogen-bond acceptors (Lipinski definition) is 3. The topological polar surface area (TPSA) is 44.4 Å². The first-order chi connectivity index (χ1) is 9.29. The van der Waals surface area contributed by atoms with E-state index in [9.17, 15) is 4.79 Å². The third-order valence-electron chi connectivity index (χ3n) is 4.54. The number of nitrogens with zero attached hydrogens (tertiary/aromatic N) is 1. The van der Waals surface area contributed by atoms with Crippen molar-refractivity contribution in [3.05, 3.63) is 0 Å². The van der Waals surface area contributed by atoms with Gasteiger partial charge in [0.2, 0.25) is 5.91 Å². The first-order valence-corrected chi connectivity index (χ1v) is 8.03. The lowest BCUT2D eigenvalue weighted by Gasteiger charge is -2.24. The van der Waals surface area contributed by atoms with Gasteiger partial charge in [-0.25, -0.2) is 0 Å². The van der Waals surface area contributed by atoms with Crippen molar-refractivity contribution in [1.29, 1.82) is 0 Å². The molecular formula is C15H29N3O. The van der Waals surface area contributed by atoms with Crippen LogP contribution in [0.25, 0.3) is 0 Å². The van der Waals surface area contributed by atoms with E-state index in [1.807, 2.05) is 0 Å². The molecule has 0 bridgehead atoms. The first kappa shape index (κ1) is 14.8. The molecule has 0 aromatic carbocycles. The molecule has 1 heterocycles. The summed E-state index contributed by atoms with van der Waals surface area (Å²) in [6.45, 7) is 5.99. The molecule has 4 heteroatoms. The van der Waals surface area contributed by atoms with Crippen molar-refractivity contribution in [2.24, 2.45) is 0 Å². The van der Waals surface area contributed by atoms with Crippen LogP contribution in [-0.2, 0) is 4.79 Å². The Morgan fingerprint density at radius 3 is 2.68 bits per heavy atom. The monoisotopic (exact) mass is 267 g/mol. The molecule has 0 aromatic heterocycles. The van der Waals surface area contributed by atoms with Gasteiger partial charge in [0.05, 0.1) is 6.54 Å². The van der Waals surface area contributed by atoms with Gasteiger partial charge in [0.1, 0.15) is 0 Å². The number of amides is 1. The molecule has 1 amide bonds. The second kappa shape index (κ2) is 7.85. The maximum absolute atomic E-state index is 11.8. The maximum atomic E-state index is 11.8. The van der Waals surface area contributed by atoms with E-state index < -0.39 is 0 Å². The fourth-order valence-corrected chi connectivity index (χ4v) is 3.42. The molecule has 1 saturated heterocycles. The highest BCUT2D eigenvalue weighted by Crippen LogP contribution is 2.17. The zero-order valence-electron chi connectivity index (χ0n) is 12.3. The molecule has 0 aromatic rings. The molecule has 2 rings (SSSR count). The van der Waals surface area contributed by atoms with Crippen LogP contribution in [0.5, 0.6) is 0 Å². The smallest absolute Gasteiger partial charge is 0.234 e. The second-order valence-corrected chi connectivity index (χ2v) is 5.96. The van der Waals surface area contributed by atoms with Gasteiger partial charge in [-0.3, -0.25) is 9.69 Å². The summed E-state index contributed by atoms with van der Waals surface area (Å²) in [5.74, 6) is 0.174. The van der Waals surface area contributed by atoms with E-state index >= 15 is 0 Å². The van der Waals surface area contributed by atoms with Crippen molar-refractivity contribution in [2.75, 3.05) is 26.2 Å². The van der Waals surface area contributed by atoms with Crippen LogP contribution in [-0.4, -0.2) is 49.1 Å². The van der Waals surface area contributed by atoms with E-state index in [-0.39, 0.29) is 5.91 Å². The predicted octanol–water partition coefficient (Wildman–Crippen LogP) is 1.51. The number of rotatable bonds is 6. The van der Waals surface area contributed by atoms with Crippen LogP contribution in [0.4, 0.5) is 0 Å². The standard InChI is InChI=1S/C15H29N3O/c1-2-18-10-6-9-14(18)11-16-12-15(19)17-13-7-4-3-5-8-13/h13-14,16H,2-12H2,1H3,(H,17,19)/t14-/m0/s1. The molecule has 0 radical (unpaired) electrons. The summed E-state index contributed by atoms with van der Waals surface area (Å²) in [5.41, 5.74) is 0. The minimum Gasteiger partial charge on any atom is -0.352 e. The van der Waals surface area contributed by atoms with E-state index in [2.05, 4.69) is 22.5 Å². The first-order valence-electron chi connectivity index (χ1n) is 8.03. The van der Waals surface area contributed by atoms with Crippen molar-refractivity contribution >= 4 is 5.91 Å². The normalized spacial score (nSPS) is 25.6. The van der Waals surface area contributed by atoms with Crippen molar-refractivity contribution in [3.8, 4) is 0 Å². The van der Waals surface area contributed by atoms with E-state index in [1.165, 1.54) is 38.6 Å². The Morgan fingerprint density at radius 1 is 1.16 bits per heavy atom. The summed E-state index contributed by atoms with van der Waals surface area (Å²) < 4.78 is 0. The molecule has 4 nitrogen and oxygen atoms in total.